The Kier molecular flexibility index (Phi) is 6.53. The average Bonchev–Trinajstić information content (AvgIpc) is 2.40. The number of rotatable bonds is 4. The molecular weight excluding hydrogens is 363 g/mol. The molecule has 6 heteroatoms. The summed E-state index contributed by atoms with van der Waals surface area (Å²) in [5.41, 5.74) is 1.81. The van der Waals surface area contributed by atoms with Gasteiger partial charge in [-0.25, -0.2) is 13.6 Å². The summed E-state index contributed by atoms with van der Waals surface area (Å²) in [5, 5.41) is 5.13. The second kappa shape index (κ2) is 7.50. The molecule has 0 aliphatic rings. The number of aryl methyl sites for hydroxylation is 2. The average molecular weight is 379 g/mol. The summed E-state index contributed by atoms with van der Waals surface area (Å²) < 4.78 is 28.4. The number of primary sulfonamides is 1. The molecule has 2 rings (SSSR count). The third-order valence-electron chi connectivity index (χ3n) is 2.91. The van der Waals surface area contributed by atoms with Crippen LogP contribution in [0.1, 0.15) is 18.1 Å². The molecule has 0 amide bonds. The van der Waals surface area contributed by atoms with E-state index in [-0.39, 0.29) is 37.6 Å². The van der Waals surface area contributed by atoms with E-state index < -0.39 is 10.0 Å². The molecule has 2 aromatic rings. The molecule has 0 aromatic heterocycles. The van der Waals surface area contributed by atoms with Crippen molar-refractivity contribution >= 4 is 10.0 Å². The van der Waals surface area contributed by atoms with Crippen molar-refractivity contribution in [3.8, 4) is 11.5 Å². The molecule has 0 heterocycles. The van der Waals surface area contributed by atoms with Gasteiger partial charge in [0.2, 0.25) is 10.0 Å². The molecule has 4 nitrogen and oxygen atoms in total. The maximum Gasteiger partial charge on any atom is 0.238 e. The summed E-state index contributed by atoms with van der Waals surface area (Å²) in [7, 11) is -3.69. The van der Waals surface area contributed by atoms with Crippen LogP contribution < -0.4 is 9.88 Å². The smallest absolute Gasteiger partial charge is 0.238 e. The van der Waals surface area contributed by atoms with E-state index >= 15 is 0 Å². The maximum atomic E-state index is 11.3. The standard InChI is InChI=1S/C15H16NO3S.Y/c1-3-12-10-14(20(16,17)18)8-9-15(12)19-13-6-4-11(2)5-7-13;/h4,6-10H,3H2,1-2H3,(H2,16,17,18);/q-1;. The fraction of sp³-hybridized carbons (Fsp3) is 0.200. The Bertz CT molecular complexity index is 712. The summed E-state index contributed by atoms with van der Waals surface area (Å²) >= 11 is 0. The molecule has 1 radical (unpaired) electrons. The number of hydrogen-bond donors (Lipinski definition) is 1. The van der Waals surface area contributed by atoms with Gasteiger partial charge >= 0.3 is 0 Å². The van der Waals surface area contributed by atoms with Crippen LogP contribution in [0.4, 0.5) is 0 Å². The fourth-order valence-corrected chi connectivity index (χ4v) is 2.35. The van der Waals surface area contributed by atoms with Crippen LogP contribution in [0.5, 0.6) is 11.5 Å². The second-order valence-corrected chi connectivity index (χ2v) is 6.04. The van der Waals surface area contributed by atoms with Gasteiger partial charge < -0.3 is 4.74 Å². The fourth-order valence-electron chi connectivity index (χ4n) is 1.79. The molecule has 0 spiro atoms. The zero-order chi connectivity index (χ0) is 14.8. The van der Waals surface area contributed by atoms with Gasteiger partial charge in [-0.1, -0.05) is 13.8 Å². The first-order valence-corrected chi connectivity index (χ1v) is 7.76. The van der Waals surface area contributed by atoms with E-state index in [0.717, 1.165) is 11.1 Å². The molecule has 0 bridgehead atoms. The largest absolute Gasteiger partial charge is 0.516 e. The Balaban J connectivity index is 0.00000220. The molecular formula is C15H16NO3SY-. The van der Waals surface area contributed by atoms with Gasteiger partial charge in [0.25, 0.3) is 0 Å². The first kappa shape index (κ1) is 18.3. The van der Waals surface area contributed by atoms with Gasteiger partial charge in [-0.3, -0.25) is 0 Å². The molecule has 0 saturated heterocycles. The van der Waals surface area contributed by atoms with E-state index in [1.54, 1.807) is 18.2 Å². The van der Waals surface area contributed by atoms with Crippen LogP contribution in [0.25, 0.3) is 0 Å². The molecule has 109 valence electrons. The Morgan fingerprint density at radius 2 is 1.95 bits per heavy atom. The van der Waals surface area contributed by atoms with Crippen LogP contribution in [0, 0.1) is 13.0 Å². The van der Waals surface area contributed by atoms with E-state index in [1.807, 2.05) is 26.0 Å². The van der Waals surface area contributed by atoms with Gasteiger partial charge in [-0.2, -0.15) is 17.7 Å². The van der Waals surface area contributed by atoms with E-state index in [1.165, 1.54) is 6.07 Å². The molecule has 0 atom stereocenters. The van der Waals surface area contributed by atoms with Crippen molar-refractivity contribution in [2.45, 2.75) is 25.2 Å². The van der Waals surface area contributed by atoms with Gasteiger partial charge in [0, 0.05) is 38.5 Å². The zero-order valence-corrected chi connectivity index (χ0v) is 15.6. The summed E-state index contributed by atoms with van der Waals surface area (Å²) in [5.74, 6) is 1.28. The van der Waals surface area contributed by atoms with Crippen molar-refractivity contribution in [1.82, 2.24) is 0 Å². The Morgan fingerprint density at radius 3 is 2.48 bits per heavy atom. The molecule has 2 aromatic carbocycles. The van der Waals surface area contributed by atoms with Gasteiger partial charge in [0.1, 0.15) is 5.75 Å². The van der Waals surface area contributed by atoms with E-state index in [0.29, 0.717) is 17.9 Å². The summed E-state index contributed by atoms with van der Waals surface area (Å²) in [6, 6.07) is 13.2. The van der Waals surface area contributed by atoms with Crippen LogP contribution in [0.15, 0.2) is 41.3 Å². The second-order valence-electron chi connectivity index (χ2n) is 4.48. The summed E-state index contributed by atoms with van der Waals surface area (Å²) in [6.45, 7) is 3.87. The van der Waals surface area contributed by atoms with Crippen LogP contribution in [-0.2, 0) is 49.2 Å². The van der Waals surface area contributed by atoms with Crippen molar-refractivity contribution in [1.29, 1.82) is 0 Å². The molecule has 2 N–H and O–H groups in total. The number of benzene rings is 2. The van der Waals surface area contributed by atoms with Crippen molar-refractivity contribution < 1.29 is 45.9 Å². The Labute approximate surface area is 150 Å². The molecule has 0 saturated carbocycles. The van der Waals surface area contributed by atoms with Crippen molar-refractivity contribution in [2.24, 2.45) is 5.14 Å². The predicted octanol–water partition coefficient (Wildman–Crippen LogP) is 2.79. The predicted molar refractivity (Wildman–Crippen MR) is 77.3 cm³/mol. The molecule has 21 heavy (non-hydrogen) atoms. The number of sulfonamides is 1. The number of hydrogen-bond acceptors (Lipinski definition) is 3. The van der Waals surface area contributed by atoms with Gasteiger partial charge in [0.05, 0.1) is 4.90 Å². The molecule has 0 aliphatic heterocycles. The van der Waals surface area contributed by atoms with Crippen molar-refractivity contribution in [2.75, 3.05) is 0 Å². The first-order valence-electron chi connectivity index (χ1n) is 6.22. The first-order chi connectivity index (χ1) is 9.40. The van der Waals surface area contributed by atoms with Gasteiger partial charge in [-0.15, -0.1) is 12.1 Å². The van der Waals surface area contributed by atoms with Crippen LogP contribution in [0.2, 0.25) is 0 Å². The third kappa shape index (κ3) is 4.89. The monoisotopic (exact) mass is 379 g/mol. The molecule has 0 unspecified atom stereocenters. The minimum absolute atomic E-state index is 0. The van der Waals surface area contributed by atoms with Crippen molar-refractivity contribution in [3.05, 3.63) is 53.6 Å². The Morgan fingerprint density at radius 1 is 1.24 bits per heavy atom. The zero-order valence-electron chi connectivity index (χ0n) is 12.0. The van der Waals surface area contributed by atoms with E-state index in [4.69, 9.17) is 9.88 Å². The molecule has 0 aliphatic carbocycles. The summed E-state index contributed by atoms with van der Waals surface area (Å²) in [4.78, 5) is 0.0946. The molecule has 0 fully saturated rings. The minimum Gasteiger partial charge on any atom is -0.516 e. The number of ether oxygens (including phenoxy) is 1. The van der Waals surface area contributed by atoms with Crippen LogP contribution in [-0.4, -0.2) is 8.42 Å². The quantitative estimate of drug-likeness (QED) is 0.831. The normalized spacial score (nSPS) is 10.8. The van der Waals surface area contributed by atoms with Crippen LogP contribution >= 0.6 is 0 Å². The van der Waals surface area contributed by atoms with Crippen LogP contribution in [0.3, 0.4) is 0 Å². The van der Waals surface area contributed by atoms with E-state index in [9.17, 15) is 8.42 Å². The summed E-state index contributed by atoms with van der Waals surface area (Å²) in [6.07, 6.45) is 0.647. The Hall–Kier alpha value is -0.746. The van der Waals surface area contributed by atoms with Gasteiger partial charge in [-0.05, 0) is 30.2 Å². The minimum atomic E-state index is -3.69. The van der Waals surface area contributed by atoms with Gasteiger partial charge in [0.15, 0.2) is 0 Å². The third-order valence-corrected chi connectivity index (χ3v) is 3.82. The SMILES string of the molecule is CCc1cc(S(N)(=O)=O)ccc1Oc1c[c-]c(C)cc1.[Y]. The number of nitrogens with two attached hydrogens (primary N) is 1. The van der Waals surface area contributed by atoms with E-state index in [2.05, 4.69) is 6.07 Å². The van der Waals surface area contributed by atoms with Crippen molar-refractivity contribution in [3.63, 3.8) is 0 Å². The topological polar surface area (TPSA) is 69.4 Å². The maximum absolute atomic E-state index is 11.3.